The molecule has 2 unspecified atom stereocenters. The van der Waals surface area contributed by atoms with E-state index in [0.717, 1.165) is 17.7 Å². The highest BCUT2D eigenvalue weighted by molar-refractivity contribution is 7.77. The van der Waals surface area contributed by atoms with E-state index in [1.807, 2.05) is 5.32 Å². The summed E-state index contributed by atoms with van der Waals surface area (Å²) in [6.07, 6.45) is 1.27. The molecule has 226 valence electrons. The molecule has 2 aromatic heterocycles. The number of carbonyl (C=O) groups is 3. The van der Waals surface area contributed by atoms with Gasteiger partial charge in [-0.15, -0.1) is 0 Å². The highest BCUT2D eigenvalue weighted by Gasteiger charge is 2.31. The fourth-order valence-corrected chi connectivity index (χ4v) is 5.28. The van der Waals surface area contributed by atoms with Crippen molar-refractivity contribution < 1.29 is 37.0 Å². The Bertz CT molecular complexity index is 1710. The largest absolute Gasteiger partial charge is 0.465 e. The lowest BCUT2D eigenvalue weighted by Crippen LogP contribution is -2.51. The molecule has 0 saturated heterocycles. The molecule has 0 aliphatic rings. The lowest BCUT2D eigenvalue weighted by Gasteiger charge is -2.26. The molecular formula is C29H27ClF2N4O6S. The molecule has 2 heterocycles. The topological polar surface area (TPSA) is 153 Å². The Morgan fingerprint density at radius 3 is 2.44 bits per heavy atom. The van der Waals surface area contributed by atoms with Gasteiger partial charge in [0.25, 0.3) is 17.2 Å². The second kappa shape index (κ2) is 13.4. The van der Waals surface area contributed by atoms with Crippen LogP contribution in [0.1, 0.15) is 41.8 Å². The maximum absolute atomic E-state index is 15.6. The van der Waals surface area contributed by atoms with Gasteiger partial charge in [-0.1, -0.05) is 43.6 Å². The average Bonchev–Trinajstić information content (AvgIpc) is 3.38. The predicted molar refractivity (Wildman–Crippen MR) is 157 cm³/mol. The van der Waals surface area contributed by atoms with Crippen molar-refractivity contribution >= 4 is 51.7 Å². The number of nitrogens with one attached hydrogen (secondary N) is 2. The summed E-state index contributed by atoms with van der Waals surface area (Å²) in [5, 5.41) is 11.9. The van der Waals surface area contributed by atoms with Crippen LogP contribution in [0.2, 0.25) is 5.02 Å². The van der Waals surface area contributed by atoms with Gasteiger partial charge in [-0.25, -0.2) is 27.1 Å². The Morgan fingerprint density at radius 2 is 1.81 bits per heavy atom. The highest BCUT2D eigenvalue weighted by Crippen LogP contribution is 2.29. The highest BCUT2D eigenvalue weighted by atomic mass is 35.5. The Hall–Kier alpha value is -4.20. The SMILES string of the molecule is CC(C)C(NC(=O)O)C(=O)N(CCCc1ccc(F)c(C(=O)c2c[nH]c3ncc(-c4ccc(Cl)cc4)cc23)c1F)S(=O)O. The minimum atomic E-state index is -2.79. The Labute approximate surface area is 252 Å². The van der Waals surface area contributed by atoms with Crippen LogP contribution in [0.25, 0.3) is 22.2 Å². The Morgan fingerprint density at radius 1 is 1.12 bits per heavy atom. The van der Waals surface area contributed by atoms with Crippen LogP contribution in [0.15, 0.2) is 54.9 Å². The molecule has 0 aliphatic carbocycles. The second-order valence-electron chi connectivity index (χ2n) is 10.00. The Balaban J connectivity index is 1.57. The summed E-state index contributed by atoms with van der Waals surface area (Å²) >= 11 is 3.18. The number of aryl methyl sites for hydroxylation is 1. The number of hydrogen-bond acceptors (Lipinski definition) is 5. The molecular weight excluding hydrogens is 606 g/mol. The number of H-pyrrole nitrogens is 1. The van der Waals surface area contributed by atoms with E-state index in [-0.39, 0.29) is 30.5 Å². The summed E-state index contributed by atoms with van der Waals surface area (Å²) in [5.41, 5.74) is 0.950. The fraction of sp³-hybridized carbons (Fsp3) is 0.241. The van der Waals surface area contributed by atoms with Crippen molar-refractivity contribution in [3.05, 3.63) is 88.2 Å². The maximum atomic E-state index is 15.6. The van der Waals surface area contributed by atoms with Gasteiger partial charge < -0.3 is 15.4 Å². The zero-order chi connectivity index (χ0) is 31.4. The average molecular weight is 633 g/mol. The molecule has 2 amide bonds. The molecule has 2 aromatic carbocycles. The number of aromatic nitrogens is 2. The summed E-state index contributed by atoms with van der Waals surface area (Å²) in [4.78, 5) is 44.5. The van der Waals surface area contributed by atoms with E-state index in [9.17, 15) is 27.5 Å². The van der Waals surface area contributed by atoms with E-state index < -0.39 is 58.2 Å². The van der Waals surface area contributed by atoms with Crippen LogP contribution < -0.4 is 5.32 Å². The number of aromatic amines is 1. The van der Waals surface area contributed by atoms with Gasteiger partial charge in [-0.3, -0.25) is 14.1 Å². The molecule has 4 N–H and O–H groups in total. The summed E-state index contributed by atoms with van der Waals surface area (Å²) < 4.78 is 52.6. The molecule has 4 aromatic rings. The third kappa shape index (κ3) is 7.07. The molecule has 0 aliphatic heterocycles. The standard InChI is InChI=1S/C29H27ClF2N4O6S/c1-15(2)25(35-29(39)40)28(38)36(43(41)42)11-3-4-17-7-10-22(31)23(24(17)32)26(37)21-14-34-27-20(21)12-18(13-33-27)16-5-8-19(30)9-6-16/h5-10,12-15,25,35H,3-4,11H2,1-2H3,(H,33,34)(H,39,40)(H,41,42). The second-order valence-corrected chi connectivity index (χ2v) is 11.3. The summed E-state index contributed by atoms with van der Waals surface area (Å²) in [7, 11) is 0. The number of ketones is 1. The van der Waals surface area contributed by atoms with Gasteiger partial charge in [-0.2, -0.15) is 0 Å². The van der Waals surface area contributed by atoms with Gasteiger partial charge in [0.1, 0.15) is 23.3 Å². The van der Waals surface area contributed by atoms with Crippen LogP contribution >= 0.6 is 11.6 Å². The number of nitrogens with zero attached hydrogens (tertiary/aromatic N) is 2. The molecule has 43 heavy (non-hydrogen) atoms. The van der Waals surface area contributed by atoms with Crippen molar-refractivity contribution in [2.24, 2.45) is 5.92 Å². The first-order chi connectivity index (χ1) is 20.4. The normalized spacial score (nSPS) is 12.7. The third-order valence-electron chi connectivity index (χ3n) is 6.80. The van der Waals surface area contributed by atoms with E-state index in [2.05, 4.69) is 9.97 Å². The smallest absolute Gasteiger partial charge is 0.405 e. The fourth-order valence-electron chi connectivity index (χ4n) is 4.60. The van der Waals surface area contributed by atoms with Crippen LogP contribution in [0.3, 0.4) is 0 Å². The Kier molecular flexibility index (Phi) is 9.89. The lowest BCUT2D eigenvalue weighted by atomic mass is 9.97. The van der Waals surface area contributed by atoms with Crippen molar-refractivity contribution in [2.45, 2.75) is 32.7 Å². The van der Waals surface area contributed by atoms with E-state index >= 15 is 4.39 Å². The lowest BCUT2D eigenvalue weighted by molar-refractivity contribution is -0.129. The molecule has 10 nitrogen and oxygen atoms in total. The van der Waals surface area contributed by atoms with Crippen molar-refractivity contribution in [3.8, 4) is 11.1 Å². The van der Waals surface area contributed by atoms with Crippen LogP contribution in [-0.4, -0.2) is 58.5 Å². The first-order valence-corrected chi connectivity index (χ1v) is 14.5. The van der Waals surface area contributed by atoms with E-state index in [1.165, 1.54) is 6.20 Å². The van der Waals surface area contributed by atoms with Gasteiger partial charge in [0.2, 0.25) is 5.78 Å². The van der Waals surface area contributed by atoms with Crippen molar-refractivity contribution in [3.63, 3.8) is 0 Å². The monoisotopic (exact) mass is 632 g/mol. The van der Waals surface area contributed by atoms with Gasteiger partial charge in [0.05, 0.1) is 5.56 Å². The molecule has 0 saturated carbocycles. The van der Waals surface area contributed by atoms with E-state index in [0.29, 0.717) is 25.9 Å². The molecule has 0 radical (unpaired) electrons. The van der Waals surface area contributed by atoms with Crippen molar-refractivity contribution in [1.82, 2.24) is 19.6 Å². The first-order valence-electron chi connectivity index (χ1n) is 13.1. The molecule has 14 heteroatoms. The van der Waals surface area contributed by atoms with Gasteiger partial charge in [-0.05, 0) is 54.2 Å². The third-order valence-corrected chi connectivity index (χ3v) is 7.80. The molecule has 4 rings (SSSR count). The number of pyridine rings is 1. The molecule has 2 atom stereocenters. The predicted octanol–water partition coefficient (Wildman–Crippen LogP) is 5.58. The van der Waals surface area contributed by atoms with Gasteiger partial charge in [0.15, 0.2) is 0 Å². The number of carboxylic acid groups (broad SMARTS) is 1. The van der Waals surface area contributed by atoms with Crippen LogP contribution in [0.5, 0.6) is 0 Å². The van der Waals surface area contributed by atoms with E-state index in [4.69, 9.17) is 16.7 Å². The number of halogens is 3. The summed E-state index contributed by atoms with van der Waals surface area (Å²) in [6.45, 7) is 2.78. The number of amides is 2. The van der Waals surface area contributed by atoms with Gasteiger partial charge >= 0.3 is 6.09 Å². The number of fused-ring (bicyclic) bond motifs is 1. The minimum absolute atomic E-state index is 0.00590. The number of carbonyl (C=O) groups excluding carboxylic acids is 2. The zero-order valence-electron chi connectivity index (χ0n) is 22.9. The number of rotatable bonds is 11. The number of hydrogen-bond donors (Lipinski definition) is 4. The maximum Gasteiger partial charge on any atom is 0.405 e. The van der Waals surface area contributed by atoms with Crippen LogP contribution in [0, 0.1) is 17.6 Å². The zero-order valence-corrected chi connectivity index (χ0v) is 24.5. The number of benzene rings is 2. The quantitative estimate of drug-likeness (QED) is 0.124. The van der Waals surface area contributed by atoms with Crippen LogP contribution in [0.4, 0.5) is 13.6 Å². The van der Waals surface area contributed by atoms with Gasteiger partial charge in [0, 0.05) is 40.5 Å². The van der Waals surface area contributed by atoms with E-state index in [1.54, 1.807) is 50.4 Å². The van der Waals surface area contributed by atoms with Crippen LogP contribution in [-0.2, 0) is 22.5 Å². The summed E-state index contributed by atoms with van der Waals surface area (Å²) in [6, 6.07) is 9.44. The summed E-state index contributed by atoms with van der Waals surface area (Å²) in [5.74, 6) is -4.54. The molecule has 0 fully saturated rings. The minimum Gasteiger partial charge on any atom is -0.465 e. The molecule has 0 bridgehead atoms. The van der Waals surface area contributed by atoms with Crippen molar-refractivity contribution in [1.29, 1.82) is 0 Å². The molecule has 0 spiro atoms. The van der Waals surface area contributed by atoms with Crippen molar-refractivity contribution in [2.75, 3.05) is 6.54 Å². The first kappa shape index (κ1) is 31.7.